The van der Waals surface area contributed by atoms with E-state index >= 15 is 0 Å². The topological polar surface area (TPSA) is 92.4 Å². The van der Waals surface area contributed by atoms with Gasteiger partial charge in [0, 0.05) is 17.3 Å². The third-order valence-electron chi connectivity index (χ3n) is 2.67. The molecule has 0 aliphatic carbocycles. The van der Waals surface area contributed by atoms with Crippen molar-refractivity contribution < 1.29 is 14.7 Å². The van der Waals surface area contributed by atoms with Gasteiger partial charge in [-0.1, -0.05) is 0 Å². The number of nitrogens with one attached hydrogen (secondary N) is 1. The smallest absolute Gasteiger partial charge is 0.308 e. The van der Waals surface area contributed by atoms with E-state index in [1.54, 1.807) is 38.1 Å². The number of benzene rings is 1. The molecule has 1 rings (SSSR count). The molecule has 2 unspecified atom stereocenters. The number of nitrogen functional groups attached to an aromatic ring is 1. The first-order valence-electron chi connectivity index (χ1n) is 5.31. The molecular formula is C12H16N2O3. The Labute approximate surface area is 99.6 Å². The van der Waals surface area contributed by atoms with Crippen LogP contribution in [-0.2, 0) is 4.79 Å². The van der Waals surface area contributed by atoms with Crippen molar-refractivity contribution in [3.63, 3.8) is 0 Å². The number of carbonyl (C=O) groups excluding carboxylic acids is 1. The third kappa shape index (κ3) is 3.48. The summed E-state index contributed by atoms with van der Waals surface area (Å²) < 4.78 is 0. The van der Waals surface area contributed by atoms with E-state index in [0.717, 1.165) is 0 Å². The Bertz CT molecular complexity index is 414. The second kappa shape index (κ2) is 5.34. The first-order chi connectivity index (χ1) is 7.91. The lowest BCUT2D eigenvalue weighted by atomic mass is 10.0. The molecule has 0 saturated heterocycles. The summed E-state index contributed by atoms with van der Waals surface area (Å²) in [6.45, 7) is 3.21. The zero-order valence-corrected chi connectivity index (χ0v) is 9.81. The number of hydrogen-bond acceptors (Lipinski definition) is 3. The summed E-state index contributed by atoms with van der Waals surface area (Å²) in [4.78, 5) is 22.5. The van der Waals surface area contributed by atoms with Crippen molar-refractivity contribution in [1.82, 2.24) is 5.32 Å². The van der Waals surface area contributed by atoms with E-state index in [1.165, 1.54) is 0 Å². The first kappa shape index (κ1) is 13.0. The standard InChI is InChI=1S/C12H16N2O3/c1-7(12(16)17)8(2)14-11(15)9-3-5-10(13)6-4-9/h3-8H,13H2,1-2H3,(H,14,15)(H,16,17). The minimum atomic E-state index is -0.935. The number of nitrogens with two attached hydrogens (primary N) is 1. The van der Waals surface area contributed by atoms with Crippen molar-refractivity contribution in [3.8, 4) is 0 Å². The van der Waals surface area contributed by atoms with Gasteiger partial charge in [-0.15, -0.1) is 0 Å². The van der Waals surface area contributed by atoms with Crippen molar-refractivity contribution in [2.45, 2.75) is 19.9 Å². The van der Waals surface area contributed by atoms with Gasteiger partial charge in [0.05, 0.1) is 5.92 Å². The minimum absolute atomic E-state index is 0.300. The average molecular weight is 236 g/mol. The number of aliphatic carboxylic acids is 1. The molecule has 5 nitrogen and oxygen atoms in total. The SMILES string of the molecule is CC(NC(=O)c1ccc(N)cc1)C(C)C(=O)O. The quantitative estimate of drug-likeness (QED) is 0.683. The maximum absolute atomic E-state index is 11.7. The van der Waals surface area contributed by atoms with Gasteiger partial charge in [0.1, 0.15) is 0 Å². The van der Waals surface area contributed by atoms with Gasteiger partial charge in [-0.25, -0.2) is 0 Å². The Morgan fingerprint density at radius 2 is 1.76 bits per heavy atom. The maximum atomic E-state index is 11.7. The molecule has 17 heavy (non-hydrogen) atoms. The molecule has 0 fully saturated rings. The lowest BCUT2D eigenvalue weighted by molar-refractivity contribution is -0.141. The number of hydrogen-bond donors (Lipinski definition) is 3. The van der Waals surface area contributed by atoms with E-state index in [-0.39, 0.29) is 5.91 Å². The van der Waals surface area contributed by atoms with Gasteiger partial charge in [0.25, 0.3) is 5.91 Å². The van der Waals surface area contributed by atoms with Crippen LogP contribution >= 0.6 is 0 Å². The molecule has 0 aliphatic rings. The van der Waals surface area contributed by atoms with Crippen LogP contribution in [0.25, 0.3) is 0 Å². The Morgan fingerprint density at radius 3 is 2.24 bits per heavy atom. The highest BCUT2D eigenvalue weighted by molar-refractivity contribution is 5.94. The normalized spacial score (nSPS) is 13.8. The van der Waals surface area contributed by atoms with Crippen molar-refractivity contribution in [3.05, 3.63) is 29.8 Å². The van der Waals surface area contributed by atoms with Crippen molar-refractivity contribution in [2.24, 2.45) is 5.92 Å². The lowest BCUT2D eigenvalue weighted by Gasteiger charge is -2.17. The average Bonchev–Trinajstić information content (AvgIpc) is 2.28. The summed E-state index contributed by atoms with van der Waals surface area (Å²) in [5.74, 6) is -1.87. The summed E-state index contributed by atoms with van der Waals surface area (Å²) in [7, 11) is 0. The summed E-state index contributed by atoms with van der Waals surface area (Å²) >= 11 is 0. The second-order valence-corrected chi connectivity index (χ2v) is 4.01. The van der Waals surface area contributed by atoms with Crippen LogP contribution in [0.4, 0.5) is 5.69 Å². The van der Waals surface area contributed by atoms with Gasteiger partial charge in [0.15, 0.2) is 0 Å². The fourth-order valence-corrected chi connectivity index (χ4v) is 1.26. The molecule has 0 aliphatic heterocycles. The van der Waals surface area contributed by atoms with Gasteiger partial charge >= 0.3 is 5.97 Å². The second-order valence-electron chi connectivity index (χ2n) is 4.01. The summed E-state index contributed by atoms with van der Waals surface area (Å²) in [5.41, 5.74) is 6.55. The largest absolute Gasteiger partial charge is 0.481 e. The van der Waals surface area contributed by atoms with Crippen molar-refractivity contribution >= 4 is 17.6 Å². The first-order valence-corrected chi connectivity index (χ1v) is 5.31. The molecule has 0 aromatic heterocycles. The van der Waals surface area contributed by atoms with E-state index in [2.05, 4.69) is 5.32 Å². The van der Waals surface area contributed by atoms with Crippen LogP contribution in [0.5, 0.6) is 0 Å². The summed E-state index contributed by atoms with van der Waals surface area (Å²) in [5, 5.41) is 11.4. The predicted octanol–water partition coefficient (Wildman–Crippen LogP) is 1.11. The van der Waals surface area contributed by atoms with Crippen LogP contribution in [0.1, 0.15) is 24.2 Å². The summed E-state index contributed by atoms with van der Waals surface area (Å²) in [6.07, 6.45) is 0. The number of amides is 1. The Morgan fingerprint density at radius 1 is 1.24 bits per heavy atom. The number of carboxylic acids is 1. The molecule has 1 aromatic carbocycles. The zero-order valence-electron chi connectivity index (χ0n) is 9.81. The zero-order chi connectivity index (χ0) is 13.0. The molecule has 2 atom stereocenters. The van der Waals surface area contributed by atoms with Gasteiger partial charge in [-0.2, -0.15) is 0 Å². The monoisotopic (exact) mass is 236 g/mol. The van der Waals surface area contributed by atoms with Gasteiger partial charge in [-0.05, 0) is 38.1 Å². The highest BCUT2D eigenvalue weighted by Crippen LogP contribution is 2.07. The molecular weight excluding hydrogens is 220 g/mol. The molecule has 0 saturated carbocycles. The van der Waals surface area contributed by atoms with E-state index in [9.17, 15) is 9.59 Å². The summed E-state index contributed by atoms with van der Waals surface area (Å²) in [6, 6.07) is 6.02. The molecule has 0 radical (unpaired) electrons. The Balaban J connectivity index is 2.66. The molecule has 92 valence electrons. The van der Waals surface area contributed by atoms with Gasteiger partial charge < -0.3 is 16.2 Å². The number of carboxylic acid groups (broad SMARTS) is 1. The van der Waals surface area contributed by atoms with E-state index < -0.39 is 17.9 Å². The number of anilines is 1. The van der Waals surface area contributed by atoms with Crippen LogP contribution in [0.15, 0.2) is 24.3 Å². The molecule has 0 heterocycles. The highest BCUT2D eigenvalue weighted by Gasteiger charge is 2.21. The van der Waals surface area contributed by atoms with E-state index in [0.29, 0.717) is 11.3 Å². The van der Waals surface area contributed by atoms with Gasteiger partial charge in [0.2, 0.25) is 0 Å². The van der Waals surface area contributed by atoms with Crippen LogP contribution in [0.2, 0.25) is 0 Å². The van der Waals surface area contributed by atoms with Crippen molar-refractivity contribution in [1.29, 1.82) is 0 Å². The third-order valence-corrected chi connectivity index (χ3v) is 2.67. The fourth-order valence-electron chi connectivity index (χ4n) is 1.26. The fraction of sp³-hybridized carbons (Fsp3) is 0.333. The Kier molecular flexibility index (Phi) is 4.09. The molecule has 0 bridgehead atoms. The van der Waals surface area contributed by atoms with Gasteiger partial charge in [-0.3, -0.25) is 9.59 Å². The minimum Gasteiger partial charge on any atom is -0.481 e. The molecule has 4 N–H and O–H groups in total. The van der Waals surface area contributed by atoms with Crippen LogP contribution in [0, 0.1) is 5.92 Å². The van der Waals surface area contributed by atoms with Crippen molar-refractivity contribution in [2.75, 3.05) is 5.73 Å². The molecule has 1 aromatic rings. The van der Waals surface area contributed by atoms with E-state index in [4.69, 9.17) is 10.8 Å². The Hall–Kier alpha value is -2.04. The highest BCUT2D eigenvalue weighted by atomic mass is 16.4. The maximum Gasteiger partial charge on any atom is 0.308 e. The van der Waals surface area contributed by atoms with E-state index in [1.807, 2.05) is 0 Å². The lowest BCUT2D eigenvalue weighted by Crippen LogP contribution is -2.40. The predicted molar refractivity (Wildman–Crippen MR) is 64.6 cm³/mol. The number of rotatable bonds is 4. The van der Waals surface area contributed by atoms with Crippen LogP contribution in [0.3, 0.4) is 0 Å². The van der Waals surface area contributed by atoms with Crippen LogP contribution in [-0.4, -0.2) is 23.0 Å². The molecule has 5 heteroatoms. The number of carbonyl (C=O) groups is 2. The van der Waals surface area contributed by atoms with Crippen LogP contribution < -0.4 is 11.1 Å². The molecule has 1 amide bonds. The molecule has 0 spiro atoms.